The molecule has 0 bridgehead atoms. The molecule has 23 heavy (non-hydrogen) atoms. The number of fused-ring (bicyclic) bond motifs is 2. The molecular formula is C17H19F2NO3. The number of carbonyl (C=O) groups excluding carboxylic acids is 2. The van der Waals surface area contributed by atoms with Gasteiger partial charge in [0.2, 0.25) is 12.3 Å². The van der Waals surface area contributed by atoms with E-state index in [1.807, 2.05) is 0 Å². The normalized spacial score (nSPS) is 29.2. The van der Waals surface area contributed by atoms with E-state index in [4.69, 9.17) is 4.74 Å². The standard InChI is InChI=1S/C17H19F2NO3/c1-16(2,3)23-14(21)12-11(13(18)19)17(12)9-7-5-6-8-10(9)20(4)15(17)22/h5-8,11-13H,1-4H3/t11-,12-,17+/m1/s1. The van der Waals surface area contributed by atoms with Crippen molar-refractivity contribution >= 4 is 17.6 Å². The van der Waals surface area contributed by atoms with Gasteiger partial charge in [0.1, 0.15) is 5.60 Å². The summed E-state index contributed by atoms with van der Waals surface area (Å²) < 4.78 is 32.4. The fourth-order valence-electron chi connectivity index (χ4n) is 3.70. The predicted molar refractivity (Wildman–Crippen MR) is 80.4 cm³/mol. The number of carbonyl (C=O) groups is 2. The number of hydrogen-bond acceptors (Lipinski definition) is 3. The highest BCUT2D eigenvalue weighted by Crippen LogP contribution is 2.68. The van der Waals surface area contributed by atoms with Crippen molar-refractivity contribution in [3.63, 3.8) is 0 Å². The Morgan fingerprint density at radius 1 is 1.30 bits per heavy atom. The van der Waals surface area contributed by atoms with E-state index in [-0.39, 0.29) is 0 Å². The van der Waals surface area contributed by atoms with E-state index in [0.29, 0.717) is 11.3 Å². The minimum absolute atomic E-state index is 0.458. The van der Waals surface area contributed by atoms with Crippen molar-refractivity contribution in [2.75, 3.05) is 11.9 Å². The van der Waals surface area contributed by atoms with Crippen LogP contribution in [0.15, 0.2) is 24.3 Å². The fourth-order valence-corrected chi connectivity index (χ4v) is 3.70. The number of alkyl halides is 2. The van der Waals surface area contributed by atoms with E-state index >= 15 is 0 Å². The zero-order chi connectivity index (χ0) is 17.2. The molecule has 1 amide bonds. The minimum Gasteiger partial charge on any atom is -0.460 e. The number of halogens is 2. The molecule has 0 aromatic heterocycles. The highest BCUT2D eigenvalue weighted by Gasteiger charge is 2.80. The summed E-state index contributed by atoms with van der Waals surface area (Å²) >= 11 is 0. The van der Waals surface area contributed by atoms with Gasteiger partial charge in [0.15, 0.2) is 0 Å². The lowest BCUT2D eigenvalue weighted by molar-refractivity contribution is -0.158. The van der Waals surface area contributed by atoms with Crippen molar-refractivity contribution in [1.82, 2.24) is 0 Å². The lowest BCUT2D eigenvalue weighted by Gasteiger charge is -2.20. The Morgan fingerprint density at radius 2 is 1.91 bits per heavy atom. The Balaban J connectivity index is 2.07. The predicted octanol–water partition coefficient (Wildman–Crippen LogP) is 2.75. The first-order valence-corrected chi connectivity index (χ1v) is 7.51. The average molecular weight is 323 g/mol. The number of nitrogens with zero attached hydrogens (tertiary/aromatic N) is 1. The molecule has 1 saturated carbocycles. The van der Waals surface area contributed by atoms with Crippen LogP contribution in [0.1, 0.15) is 26.3 Å². The molecule has 3 atom stereocenters. The van der Waals surface area contributed by atoms with Gasteiger partial charge in [0, 0.05) is 12.7 Å². The monoisotopic (exact) mass is 323 g/mol. The zero-order valence-corrected chi connectivity index (χ0v) is 13.5. The molecule has 1 fully saturated rings. The summed E-state index contributed by atoms with van der Waals surface area (Å²) in [6, 6.07) is 6.79. The van der Waals surface area contributed by atoms with Crippen LogP contribution in [-0.2, 0) is 19.7 Å². The molecule has 1 aliphatic carbocycles. The van der Waals surface area contributed by atoms with Crippen LogP contribution in [0, 0.1) is 11.8 Å². The van der Waals surface area contributed by atoms with E-state index in [1.54, 1.807) is 52.1 Å². The molecule has 124 valence electrons. The molecule has 1 aliphatic heterocycles. The Bertz CT molecular complexity index is 683. The maximum absolute atomic E-state index is 13.6. The van der Waals surface area contributed by atoms with Gasteiger partial charge >= 0.3 is 5.97 Å². The Hall–Kier alpha value is -1.98. The van der Waals surface area contributed by atoms with Crippen LogP contribution in [0.4, 0.5) is 14.5 Å². The first-order chi connectivity index (χ1) is 10.6. The number of amides is 1. The number of rotatable bonds is 2. The van der Waals surface area contributed by atoms with E-state index < -0.39 is 41.2 Å². The van der Waals surface area contributed by atoms with Crippen molar-refractivity contribution in [2.45, 2.75) is 38.2 Å². The molecular weight excluding hydrogens is 304 g/mol. The van der Waals surface area contributed by atoms with Gasteiger partial charge in [-0.05, 0) is 32.4 Å². The molecule has 4 nitrogen and oxygen atoms in total. The topological polar surface area (TPSA) is 46.6 Å². The Labute approximate surface area is 133 Å². The molecule has 0 N–H and O–H groups in total. The summed E-state index contributed by atoms with van der Waals surface area (Å²) in [6.45, 7) is 5.02. The van der Waals surface area contributed by atoms with Gasteiger partial charge < -0.3 is 9.64 Å². The van der Waals surface area contributed by atoms with Gasteiger partial charge in [-0.3, -0.25) is 9.59 Å². The maximum Gasteiger partial charge on any atom is 0.311 e. The minimum atomic E-state index is -2.77. The quantitative estimate of drug-likeness (QED) is 0.786. The zero-order valence-electron chi connectivity index (χ0n) is 13.5. The number of para-hydroxylation sites is 1. The highest BCUT2D eigenvalue weighted by molar-refractivity contribution is 6.14. The molecule has 6 heteroatoms. The first-order valence-electron chi connectivity index (χ1n) is 7.51. The van der Waals surface area contributed by atoms with Gasteiger partial charge in [0.25, 0.3) is 0 Å². The molecule has 1 aromatic rings. The summed E-state index contributed by atoms with van der Waals surface area (Å²) in [5.41, 5.74) is -1.20. The third kappa shape index (κ3) is 2.07. The lowest BCUT2D eigenvalue weighted by Crippen LogP contribution is -2.33. The number of esters is 1. The first kappa shape index (κ1) is 15.9. The molecule has 1 heterocycles. The van der Waals surface area contributed by atoms with Crippen LogP contribution in [0.3, 0.4) is 0 Å². The van der Waals surface area contributed by atoms with E-state index in [0.717, 1.165) is 0 Å². The molecule has 3 rings (SSSR count). The van der Waals surface area contributed by atoms with Crippen LogP contribution in [0.25, 0.3) is 0 Å². The second kappa shape index (κ2) is 4.76. The van der Waals surface area contributed by atoms with Crippen molar-refractivity contribution < 1.29 is 23.1 Å². The Kier molecular flexibility index (Phi) is 3.29. The van der Waals surface area contributed by atoms with Crippen LogP contribution < -0.4 is 4.90 Å². The van der Waals surface area contributed by atoms with E-state index in [2.05, 4.69) is 0 Å². The molecule has 0 radical (unpaired) electrons. The van der Waals surface area contributed by atoms with Crippen LogP contribution in [-0.4, -0.2) is 31.0 Å². The van der Waals surface area contributed by atoms with E-state index in [9.17, 15) is 18.4 Å². The largest absolute Gasteiger partial charge is 0.460 e. The molecule has 1 aromatic carbocycles. The van der Waals surface area contributed by atoms with Crippen LogP contribution >= 0.6 is 0 Å². The van der Waals surface area contributed by atoms with E-state index in [1.165, 1.54) is 4.90 Å². The third-order valence-electron chi connectivity index (χ3n) is 4.57. The highest BCUT2D eigenvalue weighted by atomic mass is 19.3. The second-order valence-electron chi connectivity index (χ2n) is 7.12. The summed E-state index contributed by atoms with van der Waals surface area (Å²) in [7, 11) is 1.54. The second-order valence-corrected chi connectivity index (χ2v) is 7.12. The van der Waals surface area contributed by atoms with Crippen molar-refractivity contribution in [2.24, 2.45) is 11.8 Å². The average Bonchev–Trinajstić information content (AvgIpc) is 3.10. The van der Waals surface area contributed by atoms with Gasteiger partial charge in [-0.15, -0.1) is 0 Å². The van der Waals surface area contributed by atoms with Crippen molar-refractivity contribution in [3.05, 3.63) is 29.8 Å². The fraction of sp³-hybridized carbons (Fsp3) is 0.529. The van der Waals surface area contributed by atoms with Crippen LogP contribution in [0.2, 0.25) is 0 Å². The molecule has 2 aliphatic rings. The molecule has 1 spiro atoms. The number of ether oxygens (including phenoxy) is 1. The third-order valence-corrected chi connectivity index (χ3v) is 4.57. The van der Waals surface area contributed by atoms with Crippen LogP contribution in [0.5, 0.6) is 0 Å². The number of anilines is 1. The summed E-state index contributed by atoms with van der Waals surface area (Å²) in [5, 5.41) is 0. The van der Waals surface area contributed by atoms with Gasteiger partial charge in [0.05, 0.1) is 17.3 Å². The van der Waals surface area contributed by atoms with Gasteiger partial charge in [-0.2, -0.15) is 0 Å². The lowest BCUT2D eigenvalue weighted by atomic mass is 9.93. The number of likely N-dealkylation sites (N-methyl/N-ethyl adjacent to an activating group) is 1. The SMILES string of the molecule is CN1C(=O)[C@]2(c3ccccc31)[C@@H](C(=O)OC(C)(C)C)[C@@H]2C(F)F. The summed E-state index contributed by atoms with van der Waals surface area (Å²) in [5.74, 6) is -3.67. The van der Waals surface area contributed by atoms with Crippen molar-refractivity contribution in [3.8, 4) is 0 Å². The summed E-state index contributed by atoms with van der Waals surface area (Å²) in [6.07, 6.45) is -2.77. The number of hydrogen-bond donors (Lipinski definition) is 0. The smallest absolute Gasteiger partial charge is 0.311 e. The van der Waals surface area contributed by atoms with Crippen molar-refractivity contribution in [1.29, 1.82) is 0 Å². The molecule has 0 saturated heterocycles. The molecule has 0 unspecified atom stereocenters. The Morgan fingerprint density at radius 3 is 2.48 bits per heavy atom. The number of benzene rings is 1. The van der Waals surface area contributed by atoms with Gasteiger partial charge in [-0.25, -0.2) is 8.78 Å². The van der Waals surface area contributed by atoms with Gasteiger partial charge in [-0.1, -0.05) is 18.2 Å². The maximum atomic E-state index is 13.6. The summed E-state index contributed by atoms with van der Waals surface area (Å²) in [4.78, 5) is 26.5.